The molecular formula is C30H40N5O6P. The van der Waals surface area contributed by atoms with E-state index in [9.17, 15) is 9.36 Å². The summed E-state index contributed by atoms with van der Waals surface area (Å²) in [6.45, 7) is 11.6. The molecule has 2 aromatic carbocycles. The predicted molar refractivity (Wildman–Crippen MR) is 163 cm³/mol. The lowest BCUT2D eigenvalue weighted by Gasteiger charge is -2.34. The molecule has 4 rings (SSSR count). The van der Waals surface area contributed by atoms with Crippen LogP contribution in [0, 0.1) is 0 Å². The molecule has 2 heterocycles. The zero-order valence-corrected chi connectivity index (χ0v) is 25.9. The van der Waals surface area contributed by atoms with E-state index in [0.717, 1.165) is 16.4 Å². The Morgan fingerprint density at radius 2 is 1.76 bits per heavy atom. The van der Waals surface area contributed by atoms with E-state index in [0.29, 0.717) is 35.9 Å². The fourth-order valence-electron chi connectivity index (χ4n) is 4.60. The number of esters is 1. The molecule has 42 heavy (non-hydrogen) atoms. The smallest absolute Gasteiger partial charge is 0.459 e. The number of rotatable bonds is 14. The topological polar surface area (TPSA) is 140 Å². The first-order chi connectivity index (χ1) is 20.0. The van der Waals surface area contributed by atoms with Gasteiger partial charge in [0.2, 0.25) is 0 Å². The third-order valence-corrected chi connectivity index (χ3v) is 8.52. The highest BCUT2D eigenvalue weighted by atomic mass is 31.2. The van der Waals surface area contributed by atoms with Crippen molar-refractivity contribution in [2.75, 3.05) is 18.9 Å². The number of carbonyl (C=O) groups is 1. The summed E-state index contributed by atoms with van der Waals surface area (Å²) in [4.78, 5) is 22.0. The Kier molecular flexibility index (Phi) is 9.89. The molecule has 0 aliphatic heterocycles. The zero-order chi connectivity index (χ0) is 30.5. The zero-order valence-electron chi connectivity index (χ0n) is 25.0. The molecule has 0 aliphatic rings. The number of carbonyl (C=O) groups excluding carboxylic acids is 1. The van der Waals surface area contributed by atoms with E-state index in [1.807, 2.05) is 55.7 Å². The maximum atomic E-state index is 14.3. The molecule has 226 valence electrons. The molecule has 0 amide bonds. The predicted octanol–water partition coefficient (Wildman–Crippen LogP) is 5.96. The lowest BCUT2D eigenvalue weighted by Crippen LogP contribution is -2.39. The molecule has 0 unspecified atom stereocenters. The highest BCUT2D eigenvalue weighted by Crippen LogP contribution is 2.47. The third kappa shape index (κ3) is 6.93. The first kappa shape index (κ1) is 31.4. The minimum Gasteiger partial charge on any atom is -0.462 e. The molecule has 2 aromatic heterocycles. The van der Waals surface area contributed by atoms with Crippen molar-refractivity contribution >= 4 is 41.5 Å². The molecule has 3 N–H and O–H groups in total. The number of anilines is 1. The second-order valence-electron chi connectivity index (χ2n) is 10.6. The lowest BCUT2D eigenvalue weighted by molar-refractivity contribution is -0.149. The average molecular weight is 598 g/mol. The van der Waals surface area contributed by atoms with Crippen molar-refractivity contribution in [1.82, 2.24) is 19.6 Å². The summed E-state index contributed by atoms with van der Waals surface area (Å²) in [7, 11) is -4.11. The lowest BCUT2D eigenvalue weighted by atomic mass is 9.98. The summed E-state index contributed by atoms with van der Waals surface area (Å²) < 4.78 is 39.5. The second-order valence-corrected chi connectivity index (χ2v) is 12.3. The van der Waals surface area contributed by atoms with Crippen LogP contribution in [0.5, 0.6) is 5.75 Å². The van der Waals surface area contributed by atoms with Gasteiger partial charge < -0.3 is 24.3 Å². The first-order valence-electron chi connectivity index (χ1n) is 14.1. The summed E-state index contributed by atoms with van der Waals surface area (Å²) in [5, 5.41) is 3.64. The van der Waals surface area contributed by atoms with Crippen molar-refractivity contribution in [3.8, 4) is 5.75 Å². The molecule has 0 bridgehead atoms. The van der Waals surface area contributed by atoms with Crippen LogP contribution in [0.1, 0.15) is 53.8 Å². The molecule has 0 saturated heterocycles. The van der Waals surface area contributed by atoms with Crippen molar-refractivity contribution in [1.29, 1.82) is 0 Å². The average Bonchev–Trinajstić information content (AvgIpc) is 3.36. The van der Waals surface area contributed by atoms with E-state index < -0.39 is 25.3 Å². The second kappa shape index (κ2) is 13.2. The molecule has 12 heteroatoms. The van der Waals surface area contributed by atoms with E-state index >= 15 is 0 Å². The van der Waals surface area contributed by atoms with E-state index in [-0.39, 0.29) is 19.3 Å². The number of para-hydroxylation sites is 2. The number of nitrogens with zero attached hydrogens (tertiary/aromatic N) is 3. The highest BCUT2D eigenvalue weighted by molar-refractivity contribution is 7.52. The Labute approximate surface area is 246 Å². The van der Waals surface area contributed by atoms with Gasteiger partial charge in [0.05, 0.1) is 29.3 Å². The van der Waals surface area contributed by atoms with Crippen LogP contribution in [0.4, 0.5) is 5.82 Å². The fourth-order valence-corrected chi connectivity index (χ4v) is 6.21. The quantitative estimate of drug-likeness (QED) is 0.132. The van der Waals surface area contributed by atoms with Crippen LogP contribution in [0.25, 0.3) is 21.9 Å². The van der Waals surface area contributed by atoms with Crippen LogP contribution in [0.2, 0.25) is 0 Å². The van der Waals surface area contributed by atoms with Gasteiger partial charge >= 0.3 is 13.7 Å². The van der Waals surface area contributed by atoms with Gasteiger partial charge in [-0.1, -0.05) is 43.3 Å². The number of nitrogen functional groups attached to an aromatic ring is 1. The van der Waals surface area contributed by atoms with Crippen molar-refractivity contribution < 1.29 is 27.9 Å². The van der Waals surface area contributed by atoms with E-state index in [1.54, 1.807) is 45.0 Å². The summed E-state index contributed by atoms with van der Waals surface area (Å²) in [5.41, 5.74) is 7.65. The number of imidazole rings is 1. The van der Waals surface area contributed by atoms with Gasteiger partial charge in [0.15, 0.2) is 5.82 Å². The molecule has 0 aliphatic carbocycles. The van der Waals surface area contributed by atoms with Crippen LogP contribution < -0.4 is 15.3 Å². The minimum atomic E-state index is -4.11. The van der Waals surface area contributed by atoms with Gasteiger partial charge in [-0.15, -0.1) is 0 Å². The SMILES string of the molecule is CCOCc1nc2c(N)nc3ccccc3c2n1[C@](C)(CC)CO[P@@](=O)(N[C@@H](C)C(=O)OC(C)C)Oc1ccccc1. The van der Waals surface area contributed by atoms with Crippen molar-refractivity contribution in [3.63, 3.8) is 0 Å². The molecule has 0 spiro atoms. The van der Waals surface area contributed by atoms with Gasteiger partial charge in [-0.3, -0.25) is 9.32 Å². The highest BCUT2D eigenvalue weighted by Gasteiger charge is 2.38. The van der Waals surface area contributed by atoms with E-state index in [1.165, 1.54) is 0 Å². The van der Waals surface area contributed by atoms with Gasteiger partial charge in [-0.05, 0) is 59.2 Å². The number of hydrogen-bond acceptors (Lipinski definition) is 9. The Bertz CT molecular complexity index is 1580. The standard InChI is InChI=1S/C30H40N5O6P/c1-7-30(6,19-39-42(37,41-22-14-10-9-11-15-22)34-21(5)29(36)40-20(3)4)35-25(18-38-8-2)33-26-27(35)23-16-12-13-17-24(23)32-28(26)31/h9-17,20-21H,7-8,18-19H2,1-6H3,(H2,31,32)(H,34,37)/t21-,30+,42-/m0/s1. The number of fused-ring (bicyclic) bond motifs is 3. The maximum absolute atomic E-state index is 14.3. The first-order valence-corrected chi connectivity index (χ1v) is 15.7. The van der Waals surface area contributed by atoms with Gasteiger partial charge in [0, 0.05) is 12.0 Å². The van der Waals surface area contributed by atoms with Gasteiger partial charge in [-0.25, -0.2) is 14.5 Å². The number of pyridine rings is 1. The number of benzene rings is 2. The van der Waals surface area contributed by atoms with Crippen LogP contribution in [-0.2, 0) is 35.5 Å². The van der Waals surface area contributed by atoms with Gasteiger partial charge in [0.1, 0.15) is 29.7 Å². The number of aromatic nitrogens is 3. The van der Waals surface area contributed by atoms with Crippen LogP contribution >= 0.6 is 7.75 Å². The van der Waals surface area contributed by atoms with Gasteiger partial charge in [0.25, 0.3) is 0 Å². The fraction of sp³-hybridized carbons (Fsp3) is 0.433. The molecule has 3 atom stereocenters. The Morgan fingerprint density at radius 1 is 1.07 bits per heavy atom. The largest absolute Gasteiger partial charge is 0.462 e. The molecule has 0 fully saturated rings. The van der Waals surface area contributed by atoms with Gasteiger partial charge in [-0.2, -0.15) is 5.09 Å². The summed E-state index contributed by atoms with van der Waals surface area (Å²) in [5.74, 6) is 0.686. The summed E-state index contributed by atoms with van der Waals surface area (Å²) >= 11 is 0. The molecule has 0 radical (unpaired) electrons. The number of nitrogens with two attached hydrogens (primary N) is 1. The Hall–Kier alpha value is -3.50. The number of ether oxygens (including phenoxy) is 2. The molecular weight excluding hydrogens is 557 g/mol. The van der Waals surface area contributed by atoms with Crippen LogP contribution in [-0.4, -0.2) is 45.9 Å². The molecule has 4 aromatic rings. The molecule has 11 nitrogen and oxygen atoms in total. The summed E-state index contributed by atoms with van der Waals surface area (Å²) in [6, 6.07) is 15.4. The number of nitrogens with one attached hydrogen (secondary N) is 1. The minimum absolute atomic E-state index is 0.0618. The maximum Gasteiger partial charge on any atom is 0.459 e. The van der Waals surface area contributed by atoms with E-state index in [4.69, 9.17) is 29.2 Å². The van der Waals surface area contributed by atoms with Crippen LogP contribution in [0.15, 0.2) is 54.6 Å². The van der Waals surface area contributed by atoms with E-state index in [2.05, 4.69) is 10.1 Å². The normalized spacial score (nSPS) is 15.4. The monoisotopic (exact) mass is 597 g/mol. The Balaban J connectivity index is 1.77. The van der Waals surface area contributed by atoms with Crippen molar-refractivity contribution in [2.24, 2.45) is 0 Å². The number of hydrogen-bond donors (Lipinski definition) is 2. The van der Waals surface area contributed by atoms with Crippen LogP contribution in [0.3, 0.4) is 0 Å². The van der Waals surface area contributed by atoms with Crippen molar-refractivity contribution in [2.45, 2.75) is 72.3 Å². The molecule has 0 saturated carbocycles. The summed E-state index contributed by atoms with van der Waals surface area (Å²) in [6.07, 6.45) is 0.222. The Morgan fingerprint density at radius 3 is 2.43 bits per heavy atom. The van der Waals surface area contributed by atoms with Crippen molar-refractivity contribution in [3.05, 3.63) is 60.4 Å². The third-order valence-electron chi connectivity index (χ3n) is 6.90.